The van der Waals surface area contributed by atoms with E-state index in [2.05, 4.69) is 20.3 Å². The van der Waals surface area contributed by atoms with Gasteiger partial charge in [0.2, 0.25) is 5.91 Å². The fraction of sp³-hybridized carbons (Fsp3) is 0.200. The second-order valence-electron chi connectivity index (χ2n) is 8.06. The summed E-state index contributed by atoms with van der Waals surface area (Å²) < 4.78 is 11.4. The highest BCUT2D eigenvalue weighted by molar-refractivity contribution is 6.18. The third kappa shape index (κ3) is 4.46. The van der Waals surface area contributed by atoms with Gasteiger partial charge in [-0.1, -0.05) is 18.2 Å². The molecule has 1 aliphatic heterocycles. The van der Waals surface area contributed by atoms with Crippen LogP contribution in [0.4, 0.5) is 5.82 Å². The van der Waals surface area contributed by atoms with Crippen LogP contribution in [0.5, 0.6) is 11.5 Å². The molecule has 5 rings (SSSR count). The number of ketones is 1. The minimum Gasteiger partial charge on any atom is -0.457 e. The van der Waals surface area contributed by atoms with Gasteiger partial charge in [-0.3, -0.25) is 9.59 Å². The van der Waals surface area contributed by atoms with E-state index < -0.39 is 12.0 Å². The zero-order valence-corrected chi connectivity index (χ0v) is 18.2. The summed E-state index contributed by atoms with van der Waals surface area (Å²) in [5.41, 5.74) is 6.85. The molecule has 0 unspecified atom stereocenters. The van der Waals surface area contributed by atoms with Crippen LogP contribution in [0.25, 0.3) is 11.0 Å². The SMILES string of the molecule is NC(=O)[C@@H]1CC[C@@H](Nc2ncnc3[nH]cc(C(=O)c4ccc(Oc5ccccc5)cc4)c23)CO1. The number of carbonyl (C=O) groups excluding carboxylic acids is 2. The van der Waals surface area contributed by atoms with E-state index in [0.29, 0.717) is 53.2 Å². The maximum absolute atomic E-state index is 13.3. The summed E-state index contributed by atoms with van der Waals surface area (Å²) in [6.45, 7) is 0.315. The molecule has 3 heterocycles. The number of rotatable bonds is 7. The Kier molecular flexibility index (Phi) is 5.92. The third-order valence-corrected chi connectivity index (χ3v) is 5.74. The summed E-state index contributed by atoms with van der Waals surface area (Å²) in [4.78, 5) is 36.3. The van der Waals surface area contributed by atoms with Crippen molar-refractivity contribution >= 4 is 28.5 Å². The summed E-state index contributed by atoms with van der Waals surface area (Å²) in [6, 6.07) is 16.4. The van der Waals surface area contributed by atoms with Gasteiger partial charge in [-0.2, -0.15) is 0 Å². The third-order valence-electron chi connectivity index (χ3n) is 5.74. The summed E-state index contributed by atoms with van der Waals surface area (Å²) in [7, 11) is 0. The fourth-order valence-corrected chi connectivity index (χ4v) is 3.99. The van der Waals surface area contributed by atoms with E-state index in [-0.39, 0.29) is 11.8 Å². The number of primary amides is 1. The maximum atomic E-state index is 13.3. The highest BCUT2D eigenvalue weighted by Crippen LogP contribution is 2.28. The number of para-hydroxylation sites is 1. The Hall–Kier alpha value is -4.24. The predicted octanol–water partition coefficient (Wildman–Crippen LogP) is 3.43. The average molecular weight is 457 g/mol. The van der Waals surface area contributed by atoms with Gasteiger partial charge in [-0.25, -0.2) is 9.97 Å². The number of H-pyrrole nitrogens is 1. The van der Waals surface area contributed by atoms with Crippen LogP contribution < -0.4 is 15.8 Å². The first-order valence-corrected chi connectivity index (χ1v) is 11.0. The van der Waals surface area contributed by atoms with Crippen molar-refractivity contribution in [3.05, 3.63) is 78.2 Å². The van der Waals surface area contributed by atoms with E-state index in [1.165, 1.54) is 6.33 Å². The Morgan fingerprint density at radius 3 is 2.50 bits per heavy atom. The molecule has 0 spiro atoms. The Bertz CT molecular complexity index is 1310. The Morgan fingerprint density at radius 1 is 1.03 bits per heavy atom. The van der Waals surface area contributed by atoms with Crippen LogP contribution in [0, 0.1) is 0 Å². The Balaban J connectivity index is 1.35. The molecule has 1 fully saturated rings. The van der Waals surface area contributed by atoms with Gasteiger partial charge in [-0.05, 0) is 49.2 Å². The fourth-order valence-electron chi connectivity index (χ4n) is 3.99. The molecule has 1 amide bonds. The monoisotopic (exact) mass is 457 g/mol. The van der Waals surface area contributed by atoms with Crippen LogP contribution in [0.1, 0.15) is 28.8 Å². The minimum atomic E-state index is -0.568. The minimum absolute atomic E-state index is 0.0685. The number of fused-ring (bicyclic) bond motifs is 1. The molecule has 4 N–H and O–H groups in total. The number of aromatic nitrogens is 3. The Labute approximate surface area is 195 Å². The van der Waals surface area contributed by atoms with Gasteiger partial charge in [-0.15, -0.1) is 0 Å². The van der Waals surface area contributed by atoms with Crippen molar-refractivity contribution in [3.63, 3.8) is 0 Å². The lowest BCUT2D eigenvalue weighted by Crippen LogP contribution is -2.41. The number of benzene rings is 2. The number of amides is 1. The molecule has 0 bridgehead atoms. The molecule has 1 aliphatic rings. The van der Waals surface area contributed by atoms with Gasteiger partial charge < -0.3 is 25.5 Å². The standard InChI is InChI=1S/C25H23N5O4/c26-23(32)20-11-8-16(13-33-20)30-25-21-19(12-27-24(21)28-14-29-25)22(31)15-6-9-18(10-7-15)34-17-4-2-1-3-5-17/h1-7,9-10,12,14,16,20H,8,11,13H2,(H2,26,32)(H2,27,28,29,30)/t16-,20+/m1/s1. The number of nitrogens with one attached hydrogen (secondary N) is 2. The zero-order chi connectivity index (χ0) is 23.5. The molecule has 0 aliphatic carbocycles. The van der Waals surface area contributed by atoms with Crippen molar-refractivity contribution in [2.24, 2.45) is 5.73 Å². The van der Waals surface area contributed by atoms with E-state index in [1.807, 2.05) is 30.3 Å². The Morgan fingerprint density at radius 2 is 1.79 bits per heavy atom. The average Bonchev–Trinajstić information content (AvgIpc) is 3.30. The van der Waals surface area contributed by atoms with Gasteiger partial charge >= 0.3 is 0 Å². The highest BCUT2D eigenvalue weighted by Gasteiger charge is 2.27. The van der Waals surface area contributed by atoms with Gasteiger partial charge in [0, 0.05) is 11.8 Å². The van der Waals surface area contributed by atoms with Crippen molar-refractivity contribution in [1.82, 2.24) is 15.0 Å². The maximum Gasteiger partial charge on any atom is 0.246 e. The van der Waals surface area contributed by atoms with E-state index in [0.717, 1.165) is 5.75 Å². The van der Waals surface area contributed by atoms with E-state index in [9.17, 15) is 9.59 Å². The van der Waals surface area contributed by atoms with Gasteiger partial charge in [0.25, 0.3) is 0 Å². The molecule has 172 valence electrons. The molecule has 9 heteroatoms. The molecule has 0 saturated carbocycles. The number of hydrogen-bond acceptors (Lipinski definition) is 7. The van der Waals surface area contributed by atoms with E-state index >= 15 is 0 Å². The van der Waals surface area contributed by atoms with Crippen molar-refractivity contribution in [2.75, 3.05) is 11.9 Å². The lowest BCUT2D eigenvalue weighted by molar-refractivity contribution is -0.132. The van der Waals surface area contributed by atoms with Gasteiger partial charge in [0.1, 0.15) is 35.4 Å². The first kappa shape index (κ1) is 21.6. The molecule has 0 radical (unpaired) electrons. The van der Waals surface area contributed by atoms with Crippen LogP contribution in [-0.4, -0.2) is 45.4 Å². The van der Waals surface area contributed by atoms with Crippen molar-refractivity contribution < 1.29 is 19.1 Å². The first-order valence-electron chi connectivity index (χ1n) is 11.0. The molecule has 2 aromatic heterocycles. The lowest BCUT2D eigenvalue weighted by Gasteiger charge is -2.28. The zero-order valence-electron chi connectivity index (χ0n) is 18.2. The predicted molar refractivity (Wildman–Crippen MR) is 126 cm³/mol. The number of nitrogens with zero attached hydrogens (tertiary/aromatic N) is 2. The molecule has 4 aromatic rings. The molecule has 2 atom stereocenters. The summed E-state index contributed by atoms with van der Waals surface area (Å²) in [5.74, 6) is 1.27. The number of hydrogen-bond donors (Lipinski definition) is 3. The summed E-state index contributed by atoms with van der Waals surface area (Å²) in [5, 5.41) is 3.94. The summed E-state index contributed by atoms with van der Waals surface area (Å²) in [6.07, 6.45) is 3.72. The van der Waals surface area contributed by atoms with Crippen LogP contribution in [0.15, 0.2) is 67.1 Å². The van der Waals surface area contributed by atoms with Crippen LogP contribution in [0.3, 0.4) is 0 Å². The number of carbonyl (C=O) groups is 2. The molecule has 34 heavy (non-hydrogen) atoms. The van der Waals surface area contributed by atoms with Crippen LogP contribution in [0.2, 0.25) is 0 Å². The van der Waals surface area contributed by atoms with Crippen LogP contribution in [-0.2, 0) is 9.53 Å². The topological polar surface area (TPSA) is 132 Å². The second kappa shape index (κ2) is 9.32. The molecular weight excluding hydrogens is 434 g/mol. The van der Waals surface area contributed by atoms with Gasteiger partial charge in [0.15, 0.2) is 5.78 Å². The van der Waals surface area contributed by atoms with Crippen LogP contribution >= 0.6 is 0 Å². The molecule has 9 nitrogen and oxygen atoms in total. The number of anilines is 1. The number of aromatic amines is 1. The van der Waals surface area contributed by atoms with Crippen molar-refractivity contribution in [2.45, 2.75) is 25.0 Å². The molecular formula is C25H23N5O4. The number of nitrogens with two attached hydrogens (primary N) is 1. The van der Waals surface area contributed by atoms with E-state index in [4.69, 9.17) is 15.2 Å². The molecule has 2 aromatic carbocycles. The smallest absolute Gasteiger partial charge is 0.246 e. The van der Waals surface area contributed by atoms with Crippen molar-refractivity contribution in [3.8, 4) is 11.5 Å². The lowest BCUT2D eigenvalue weighted by atomic mass is 10.0. The van der Waals surface area contributed by atoms with Crippen molar-refractivity contribution in [1.29, 1.82) is 0 Å². The van der Waals surface area contributed by atoms with Gasteiger partial charge in [0.05, 0.1) is 23.6 Å². The summed E-state index contributed by atoms with van der Waals surface area (Å²) >= 11 is 0. The quantitative estimate of drug-likeness (QED) is 0.362. The highest BCUT2D eigenvalue weighted by atomic mass is 16.5. The largest absolute Gasteiger partial charge is 0.457 e. The molecule has 1 saturated heterocycles. The second-order valence-corrected chi connectivity index (χ2v) is 8.06. The van der Waals surface area contributed by atoms with E-state index in [1.54, 1.807) is 30.5 Å². The number of ether oxygens (including phenoxy) is 2. The first-order chi connectivity index (χ1) is 16.6. The normalized spacial score (nSPS) is 17.9.